The molecule has 2 heterocycles. The minimum Gasteiger partial charge on any atom is -0.261 e. The van der Waals surface area contributed by atoms with Crippen LogP contribution in [0.2, 0.25) is 5.02 Å². The van der Waals surface area contributed by atoms with Gasteiger partial charge < -0.3 is 0 Å². The molecule has 0 amide bonds. The number of pyridine rings is 1. The Balaban J connectivity index is 1.91. The van der Waals surface area contributed by atoms with Crippen LogP contribution in [-0.2, 0) is 15.4 Å². The molecule has 0 saturated heterocycles. The Kier molecular flexibility index (Phi) is 5.03. The number of benzene rings is 2. The fraction of sp³-hybridized carbons (Fsp3) is 0.182. The number of fused-ring (bicyclic) bond motifs is 1. The van der Waals surface area contributed by atoms with Crippen LogP contribution in [0.4, 0.5) is 5.82 Å². The van der Waals surface area contributed by atoms with Crippen LogP contribution < -0.4 is 4.72 Å². The van der Waals surface area contributed by atoms with Crippen molar-refractivity contribution >= 4 is 38.5 Å². The van der Waals surface area contributed by atoms with Gasteiger partial charge in [-0.05, 0) is 42.5 Å². The summed E-state index contributed by atoms with van der Waals surface area (Å²) in [4.78, 5) is 4.96. The quantitative estimate of drug-likeness (QED) is 0.474. The number of aromatic nitrogens is 3. The van der Waals surface area contributed by atoms with Crippen molar-refractivity contribution in [3.8, 4) is 5.69 Å². The zero-order valence-corrected chi connectivity index (χ0v) is 18.4. The molecule has 2 aromatic heterocycles. The van der Waals surface area contributed by atoms with Crippen molar-refractivity contribution in [3.05, 3.63) is 77.4 Å². The van der Waals surface area contributed by atoms with Gasteiger partial charge in [-0.25, -0.2) is 18.1 Å². The lowest BCUT2D eigenvalue weighted by Crippen LogP contribution is -2.14. The second-order valence-electron chi connectivity index (χ2n) is 7.98. The second-order valence-corrected chi connectivity index (χ2v) is 10.1. The molecule has 0 aliphatic carbocycles. The van der Waals surface area contributed by atoms with Crippen molar-refractivity contribution < 1.29 is 8.42 Å². The predicted octanol–water partition coefficient (Wildman–Crippen LogP) is 5.17. The van der Waals surface area contributed by atoms with E-state index < -0.39 is 10.0 Å². The molecular weight excluding hydrogens is 420 g/mol. The summed E-state index contributed by atoms with van der Waals surface area (Å²) in [5.74, 6) is 0.210. The maximum absolute atomic E-state index is 12.9. The van der Waals surface area contributed by atoms with E-state index in [4.69, 9.17) is 16.6 Å². The van der Waals surface area contributed by atoms with E-state index >= 15 is 0 Å². The Morgan fingerprint density at radius 3 is 2.37 bits per heavy atom. The Bertz CT molecular complexity index is 1330. The molecule has 4 rings (SSSR count). The van der Waals surface area contributed by atoms with Gasteiger partial charge in [-0.1, -0.05) is 56.6 Å². The fourth-order valence-corrected chi connectivity index (χ4v) is 4.29. The largest absolute Gasteiger partial charge is 0.263 e. The first-order valence-electron chi connectivity index (χ1n) is 9.39. The second kappa shape index (κ2) is 7.41. The number of nitrogens with one attached hydrogen (secondary N) is 1. The molecule has 0 radical (unpaired) electrons. The normalized spacial score (nSPS) is 12.3. The summed E-state index contributed by atoms with van der Waals surface area (Å²) in [5.41, 5.74) is 1.93. The molecule has 6 nitrogen and oxygen atoms in total. The molecule has 8 heteroatoms. The molecular formula is C22H21ClN4O2S. The third-order valence-electron chi connectivity index (χ3n) is 4.64. The highest BCUT2D eigenvalue weighted by molar-refractivity contribution is 7.92. The lowest BCUT2D eigenvalue weighted by molar-refractivity contribution is 0.570. The molecule has 1 N–H and O–H groups in total. The standard InChI is InChI=1S/C22H21ClN4O2S/c1-22(2,3)19-13-12-18-20(26-30(28,29)17-10-5-4-6-11-17)25-27(21(18)24-19)16-9-7-8-15(23)14-16/h4-14H,1-3H3,(H,25,26). The summed E-state index contributed by atoms with van der Waals surface area (Å²) < 4.78 is 30.0. The van der Waals surface area contributed by atoms with Crippen LogP contribution >= 0.6 is 11.6 Å². The first kappa shape index (κ1) is 20.4. The van der Waals surface area contributed by atoms with Gasteiger partial charge in [-0.3, -0.25) is 4.72 Å². The number of hydrogen-bond acceptors (Lipinski definition) is 4. The van der Waals surface area contributed by atoms with Gasteiger partial charge in [-0.15, -0.1) is 5.10 Å². The van der Waals surface area contributed by atoms with E-state index in [9.17, 15) is 8.42 Å². The SMILES string of the molecule is CC(C)(C)c1ccc2c(NS(=O)(=O)c3ccccc3)nn(-c3cccc(Cl)c3)c2n1. The van der Waals surface area contributed by atoms with Gasteiger partial charge in [0, 0.05) is 16.1 Å². The van der Waals surface area contributed by atoms with Gasteiger partial charge >= 0.3 is 0 Å². The number of anilines is 1. The van der Waals surface area contributed by atoms with Gasteiger partial charge in [0.2, 0.25) is 0 Å². The van der Waals surface area contributed by atoms with Crippen LogP contribution in [0.1, 0.15) is 26.5 Å². The summed E-state index contributed by atoms with van der Waals surface area (Å²) in [6.07, 6.45) is 0. The summed E-state index contributed by atoms with van der Waals surface area (Å²) in [7, 11) is -3.80. The van der Waals surface area contributed by atoms with E-state index in [1.54, 1.807) is 35.0 Å². The van der Waals surface area contributed by atoms with Crippen molar-refractivity contribution in [2.45, 2.75) is 31.1 Å². The number of sulfonamides is 1. The Hall–Kier alpha value is -2.90. The minimum atomic E-state index is -3.80. The van der Waals surface area contributed by atoms with Crippen molar-refractivity contribution in [3.63, 3.8) is 0 Å². The topological polar surface area (TPSA) is 76.9 Å². The van der Waals surface area contributed by atoms with Crippen LogP contribution in [0, 0.1) is 0 Å². The number of rotatable bonds is 4. The highest BCUT2D eigenvalue weighted by atomic mass is 35.5. The van der Waals surface area contributed by atoms with Gasteiger partial charge in [0.05, 0.1) is 16.0 Å². The number of nitrogens with zero attached hydrogens (tertiary/aromatic N) is 3. The number of hydrogen-bond donors (Lipinski definition) is 1. The third-order valence-corrected chi connectivity index (χ3v) is 6.23. The van der Waals surface area contributed by atoms with Crippen molar-refractivity contribution in [2.75, 3.05) is 4.72 Å². The lowest BCUT2D eigenvalue weighted by atomic mass is 9.91. The Morgan fingerprint density at radius 2 is 1.70 bits per heavy atom. The zero-order chi connectivity index (χ0) is 21.5. The molecule has 154 valence electrons. The third kappa shape index (κ3) is 3.91. The maximum atomic E-state index is 12.9. The van der Waals surface area contributed by atoms with Gasteiger partial charge in [-0.2, -0.15) is 0 Å². The van der Waals surface area contributed by atoms with Crippen molar-refractivity contribution in [1.82, 2.24) is 14.8 Å². The zero-order valence-electron chi connectivity index (χ0n) is 16.8. The van der Waals surface area contributed by atoms with E-state index in [0.29, 0.717) is 21.7 Å². The van der Waals surface area contributed by atoms with Gasteiger partial charge in [0.15, 0.2) is 11.5 Å². The van der Waals surface area contributed by atoms with E-state index in [1.165, 1.54) is 12.1 Å². The van der Waals surface area contributed by atoms with E-state index in [0.717, 1.165) is 5.69 Å². The summed E-state index contributed by atoms with van der Waals surface area (Å²) in [5, 5.41) is 5.69. The monoisotopic (exact) mass is 440 g/mol. The van der Waals surface area contributed by atoms with E-state index in [2.05, 4.69) is 30.6 Å². The van der Waals surface area contributed by atoms with Crippen LogP contribution in [-0.4, -0.2) is 23.2 Å². The molecule has 0 aliphatic heterocycles. The first-order valence-corrected chi connectivity index (χ1v) is 11.3. The summed E-state index contributed by atoms with van der Waals surface area (Å²) >= 11 is 6.17. The molecule has 30 heavy (non-hydrogen) atoms. The molecule has 4 aromatic rings. The fourth-order valence-electron chi connectivity index (χ4n) is 3.06. The maximum Gasteiger partial charge on any atom is 0.263 e. The van der Waals surface area contributed by atoms with E-state index in [-0.39, 0.29) is 16.1 Å². The minimum absolute atomic E-state index is 0.162. The van der Waals surface area contributed by atoms with E-state index in [1.807, 2.05) is 24.3 Å². The van der Waals surface area contributed by atoms with Crippen molar-refractivity contribution in [1.29, 1.82) is 0 Å². The Labute approximate surface area is 180 Å². The average Bonchev–Trinajstić information content (AvgIpc) is 3.05. The van der Waals surface area contributed by atoms with Crippen LogP contribution in [0.25, 0.3) is 16.7 Å². The Morgan fingerprint density at radius 1 is 0.967 bits per heavy atom. The van der Waals surface area contributed by atoms with Crippen LogP contribution in [0.3, 0.4) is 0 Å². The van der Waals surface area contributed by atoms with Crippen LogP contribution in [0.15, 0.2) is 71.6 Å². The summed E-state index contributed by atoms with van der Waals surface area (Å²) in [6.45, 7) is 6.21. The smallest absolute Gasteiger partial charge is 0.261 e. The number of halogens is 1. The lowest BCUT2D eigenvalue weighted by Gasteiger charge is -2.17. The first-order chi connectivity index (χ1) is 14.1. The molecule has 0 saturated carbocycles. The molecule has 0 fully saturated rings. The highest BCUT2D eigenvalue weighted by Crippen LogP contribution is 2.30. The van der Waals surface area contributed by atoms with Gasteiger partial charge in [0.25, 0.3) is 10.0 Å². The summed E-state index contributed by atoms with van der Waals surface area (Å²) in [6, 6.07) is 19.1. The van der Waals surface area contributed by atoms with Crippen LogP contribution in [0.5, 0.6) is 0 Å². The molecule has 0 spiro atoms. The predicted molar refractivity (Wildman–Crippen MR) is 120 cm³/mol. The molecule has 2 aromatic carbocycles. The highest BCUT2D eigenvalue weighted by Gasteiger charge is 2.23. The molecule has 0 aliphatic rings. The van der Waals surface area contributed by atoms with Gasteiger partial charge in [0.1, 0.15) is 0 Å². The molecule has 0 unspecified atom stereocenters. The molecule has 0 atom stereocenters. The molecule has 0 bridgehead atoms. The van der Waals surface area contributed by atoms with Crippen molar-refractivity contribution in [2.24, 2.45) is 0 Å². The average molecular weight is 441 g/mol.